The first-order valence-electron chi connectivity index (χ1n) is 15.0. The molecule has 0 saturated heterocycles. The van der Waals surface area contributed by atoms with Crippen LogP contribution in [0.1, 0.15) is 31.9 Å². The zero-order valence-electron chi connectivity index (χ0n) is 27.1. The van der Waals surface area contributed by atoms with Crippen LogP contribution in [0.2, 0.25) is 5.02 Å². The predicted octanol–water partition coefficient (Wildman–Crippen LogP) is 6.11. The summed E-state index contributed by atoms with van der Waals surface area (Å²) in [4.78, 5) is 30.1. The van der Waals surface area contributed by atoms with Crippen LogP contribution in [0, 0.1) is 0 Å². The molecule has 4 aromatic carbocycles. The SMILES string of the molecule is COc1ccc(OC)c(N(CC(=O)N(Cc2ccc(Cl)cc2)[C@H](Cc2ccccc2)C(=O)NC(C)(C)C)S(=O)(=O)c2ccccc2)c1. The van der Waals surface area contributed by atoms with Crippen LogP contribution >= 0.6 is 11.6 Å². The van der Waals surface area contributed by atoms with Gasteiger partial charge in [-0.15, -0.1) is 0 Å². The van der Waals surface area contributed by atoms with Crippen LogP contribution in [-0.4, -0.2) is 57.5 Å². The molecule has 0 aliphatic carbocycles. The first-order valence-corrected chi connectivity index (χ1v) is 16.8. The Balaban J connectivity index is 1.87. The van der Waals surface area contributed by atoms with E-state index in [0.29, 0.717) is 16.3 Å². The minimum atomic E-state index is -4.32. The molecule has 2 amide bonds. The first kappa shape index (κ1) is 35.3. The monoisotopic (exact) mass is 677 g/mol. The Morgan fingerprint density at radius 1 is 0.830 bits per heavy atom. The van der Waals surface area contributed by atoms with Gasteiger partial charge >= 0.3 is 0 Å². The van der Waals surface area contributed by atoms with Gasteiger partial charge in [0.25, 0.3) is 10.0 Å². The summed E-state index contributed by atoms with van der Waals surface area (Å²) in [6, 6.07) is 27.9. The predicted molar refractivity (Wildman–Crippen MR) is 184 cm³/mol. The van der Waals surface area contributed by atoms with Gasteiger partial charge in [-0.3, -0.25) is 13.9 Å². The van der Waals surface area contributed by atoms with Crippen LogP contribution in [0.3, 0.4) is 0 Å². The molecule has 0 aromatic heterocycles. The highest BCUT2D eigenvalue weighted by Gasteiger charge is 2.36. The summed E-state index contributed by atoms with van der Waals surface area (Å²) < 4.78 is 40.6. The van der Waals surface area contributed by atoms with Crippen LogP contribution < -0.4 is 19.1 Å². The van der Waals surface area contributed by atoms with E-state index in [9.17, 15) is 18.0 Å². The second-order valence-electron chi connectivity index (χ2n) is 12.0. The molecule has 47 heavy (non-hydrogen) atoms. The fourth-order valence-corrected chi connectivity index (χ4v) is 6.58. The van der Waals surface area contributed by atoms with Crippen molar-refractivity contribution in [1.82, 2.24) is 10.2 Å². The topological polar surface area (TPSA) is 105 Å². The van der Waals surface area contributed by atoms with Crippen molar-refractivity contribution in [3.63, 3.8) is 0 Å². The molecule has 0 heterocycles. The fraction of sp³-hybridized carbons (Fsp3) is 0.278. The summed E-state index contributed by atoms with van der Waals surface area (Å²) in [7, 11) is -1.44. The van der Waals surface area contributed by atoms with Gasteiger partial charge in [0.2, 0.25) is 11.8 Å². The van der Waals surface area contributed by atoms with E-state index in [-0.39, 0.29) is 35.2 Å². The van der Waals surface area contributed by atoms with Crippen molar-refractivity contribution in [3.8, 4) is 11.5 Å². The van der Waals surface area contributed by atoms with Gasteiger partial charge in [0.15, 0.2) is 0 Å². The van der Waals surface area contributed by atoms with Gasteiger partial charge in [-0.1, -0.05) is 72.3 Å². The maximum Gasteiger partial charge on any atom is 0.264 e. The third-order valence-electron chi connectivity index (χ3n) is 7.30. The Morgan fingerprint density at radius 3 is 2.02 bits per heavy atom. The van der Waals surface area contributed by atoms with Crippen molar-refractivity contribution in [2.24, 2.45) is 0 Å². The molecular weight excluding hydrogens is 638 g/mol. The molecule has 0 aliphatic heterocycles. The van der Waals surface area contributed by atoms with E-state index in [1.807, 2.05) is 51.1 Å². The van der Waals surface area contributed by atoms with E-state index in [1.54, 1.807) is 54.6 Å². The van der Waals surface area contributed by atoms with Gasteiger partial charge < -0.3 is 19.7 Å². The van der Waals surface area contributed by atoms with Crippen LogP contribution in [-0.2, 0) is 32.6 Å². The van der Waals surface area contributed by atoms with Crippen molar-refractivity contribution < 1.29 is 27.5 Å². The maximum atomic E-state index is 14.7. The molecule has 4 aromatic rings. The number of hydrogen-bond donors (Lipinski definition) is 1. The summed E-state index contributed by atoms with van der Waals surface area (Å²) in [5, 5.41) is 3.54. The number of amides is 2. The zero-order valence-corrected chi connectivity index (χ0v) is 28.7. The lowest BCUT2D eigenvalue weighted by Gasteiger charge is -2.35. The molecule has 248 valence electrons. The van der Waals surface area contributed by atoms with Crippen LogP contribution in [0.15, 0.2) is 108 Å². The number of hydrogen-bond acceptors (Lipinski definition) is 6. The van der Waals surface area contributed by atoms with E-state index in [1.165, 1.54) is 37.3 Å². The second-order valence-corrected chi connectivity index (χ2v) is 14.3. The average molecular weight is 678 g/mol. The number of carbonyl (C=O) groups is 2. The Morgan fingerprint density at radius 2 is 1.45 bits per heavy atom. The molecule has 0 fully saturated rings. The summed E-state index contributed by atoms with van der Waals surface area (Å²) >= 11 is 6.16. The smallest absolute Gasteiger partial charge is 0.264 e. The van der Waals surface area contributed by atoms with Gasteiger partial charge in [-0.25, -0.2) is 8.42 Å². The lowest BCUT2D eigenvalue weighted by molar-refractivity contribution is -0.140. The molecule has 9 nitrogen and oxygen atoms in total. The molecule has 1 atom stereocenters. The minimum absolute atomic E-state index is 0.0134. The highest BCUT2D eigenvalue weighted by atomic mass is 35.5. The summed E-state index contributed by atoms with van der Waals surface area (Å²) in [5.74, 6) is -0.394. The molecule has 0 unspecified atom stereocenters. The van der Waals surface area contributed by atoms with Gasteiger partial charge in [-0.2, -0.15) is 0 Å². The second kappa shape index (κ2) is 15.4. The summed E-state index contributed by atoms with van der Waals surface area (Å²) in [5.41, 5.74) is 1.05. The van der Waals surface area contributed by atoms with Gasteiger partial charge in [0, 0.05) is 29.6 Å². The lowest BCUT2D eigenvalue weighted by Crippen LogP contribution is -2.56. The third kappa shape index (κ3) is 9.27. The summed E-state index contributed by atoms with van der Waals surface area (Å²) in [6.45, 7) is 4.96. The highest BCUT2D eigenvalue weighted by molar-refractivity contribution is 7.92. The highest BCUT2D eigenvalue weighted by Crippen LogP contribution is 2.36. The molecule has 4 rings (SSSR count). The van der Waals surface area contributed by atoms with Gasteiger partial charge in [-0.05, 0) is 68.3 Å². The number of anilines is 1. The number of sulfonamides is 1. The van der Waals surface area contributed by atoms with Crippen LogP contribution in [0.25, 0.3) is 0 Å². The largest absolute Gasteiger partial charge is 0.497 e. The third-order valence-corrected chi connectivity index (χ3v) is 9.33. The van der Waals surface area contributed by atoms with Crippen molar-refractivity contribution in [2.75, 3.05) is 25.1 Å². The lowest BCUT2D eigenvalue weighted by atomic mass is 10.0. The van der Waals surface area contributed by atoms with E-state index in [0.717, 1.165) is 9.87 Å². The van der Waals surface area contributed by atoms with E-state index in [4.69, 9.17) is 21.1 Å². The maximum absolute atomic E-state index is 14.7. The number of methoxy groups -OCH3 is 2. The Bertz CT molecular complexity index is 1760. The van der Waals surface area contributed by atoms with Crippen LogP contribution in [0.5, 0.6) is 11.5 Å². The van der Waals surface area contributed by atoms with Gasteiger partial charge in [0.05, 0.1) is 24.8 Å². The first-order chi connectivity index (χ1) is 22.3. The Labute approximate surface area is 282 Å². The van der Waals surface area contributed by atoms with Crippen molar-refractivity contribution >= 4 is 39.1 Å². The molecule has 0 spiro atoms. The molecule has 0 radical (unpaired) electrons. The average Bonchev–Trinajstić information content (AvgIpc) is 3.05. The van der Waals surface area contributed by atoms with E-state index < -0.39 is 34.1 Å². The number of nitrogens with zero attached hydrogens (tertiary/aromatic N) is 2. The van der Waals surface area contributed by atoms with Crippen molar-refractivity contribution in [2.45, 2.75) is 50.2 Å². The Hall–Kier alpha value is -4.54. The van der Waals surface area contributed by atoms with Crippen molar-refractivity contribution in [1.29, 1.82) is 0 Å². The summed E-state index contributed by atoms with van der Waals surface area (Å²) in [6.07, 6.45) is 0.190. The molecular formula is C36H40ClN3O6S. The van der Waals surface area contributed by atoms with E-state index in [2.05, 4.69) is 5.32 Å². The zero-order chi connectivity index (χ0) is 34.2. The van der Waals surface area contributed by atoms with E-state index >= 15 is 0 Å². The number of nitrogens with one attached hydrogen (secondary N) is 1. The number of benzene rings is 4. The molecule has 11 heteroatoms. The number of halogens is 1. The standard InChI is InChI=1S/C36H40ClN3O6S/c1-36(2,3)38-35(42)32(22-26-12-8-6-9-13-26)39(24-27-16-18-28(37)19-17-27)34(41)25-40(47(43,44)30-14-10-7-11-15-30)31-23-29(45-4)20-21-33(31)46-5/h6-21,23,32H,22,24-25H2,1-5H3,(H,38,42)/t32-/m1/s1. The molecule has 0 saturated carbocycles. The minimum Gasteiger partial charge on any atom is -0.497 e. The van der Waals surface area contributed by atoms with Gasteiger partial charge in [0.1, 0.15) is 24.1 Å². The number of ether oxygens (including phenoxy) is 2. The molecule has 0 bridgehead atoms. The fourth-order valence-electron chi connectivity index (χ4n) is 5.02. The van der Waals surface area contributed by atoms with Crippen molar-refractivity contribution in [3.05, 3.63) is 119 Å². The number of carbonyl (C=O) groups excluding carboxylic acids is 2. The molecule has 0 aliphatic rings. The normalized spacial score (nSPS) is 12.1. The molecule has 1 N–H and O–H groups in total. The quantitative estimate of drug-likeness (QED) is 0.183. The Kier molecular flexibility index (Phi) is 11.5. The number of rotatable bonds is 13. The van der Waals surface area contributed by atoms with Crippen LogP contribution in [0.4, 0.5) is 5.69 Å².